The third-order valence-corrected chi connectivity index (χ3v) is 4.54. The molecule has 0 radical (unpaired) electrons. The lowest BCUT2D eigenvalue weighted by Crippen LogP contribution is -2.36. The van der Waals surface area contributed by atoms with Gasteiger partial charge in [-0.05, 0) is 25.0 Å². The van der Waals surface area contributed by atoms with Crippen molar-refractivity contribution in [3.8, 4) is 16.5 Å². The largest absolute Gasteiger partial charge is 0.328 e. The third kappa shape index (κ3) is 2.14. The zero-order valence-corrected chi connectivity index (χ0v) is 12.1. The van der Waals surface area contributed by atoms with Crippen molar-refractivity contribution in [2.75, 3.05) is 0 Å². The Labute approximate surface area is 125 Å². The highest BCUT2D eigenvalue weighted by molar-refractivity contribution is 7.13. The van der Waals surface area contributed by atoms with E-state index in [-0.39, 0.29) is 6.04 Å². The molecule has 6 nitrogen and oxygen atoms in total. The number of pyridine rings is 1. The van der Waals surface area contributed by atoms with Gasteiger partial charge in [-0.1, -0.05) is 0 Å². The fourth-order valence-electron chi connectivity index (χ4n) is 2.65. The van der Waals surface area contributed by atoms with Crippen LogP contribution in [0.5, 0.6) is 0 Å². The summed E-state index contributed by atoms with van der Waals surface area (Å²) in [5.74, 6) is 2.12. The van der Waals surface area contributed by atoms with Gasteiger partial charge in [0, 0.05) is 35.9 Å². The summed E-state index contributed by atoms with van der Waals surface area (Å²) in [6.45, 7) is 0. The van der Waals surface area contributed by atoms with Gasteiger partial charge in [0.15, 0.2) is 10.8 Å². The molecule has 7 heteroatoms. The lowest BCUT2D eigenvalue weighted by atomic mass is 9.80. The summed E-state index contributed by atoms with van der Waals surface area (Å²) < 4.78 is 2.08. The zero-order chi connectivity index (χ0) is 14.2. The molecule has 0 bridgehead atoms. The van der Waals surface area contributed by atoms with E-state index < -0.39 is 0 Å². The second-order valence-corrected chi connectivity index (χ2v) is 6.08. The molecule has 0 amide bonds. The topological polar surface area (TPSA) is 82.5 Å². The second-order valence-electron chi connectivity index (χ2n) is 5.19. The summed E-state index contributed by atoms with van der Waals surface area (Å²) in [7, 11) is 0. The monoisotopic (exact) mass is 298 g/mol. The first-order valence-corrected chi connectivity index (χ1v) is 7.72. The molecule has 2 N–H and O–H groups in total. The molecule has 0 aromatic carbocycles. The molecule has 0 unspecified atom stereocenters. The van der Waals surface area contributed by atoms with Gasteiger partial charge in [0.05, 0.1) is 5.69 Å². The van der Waals surface area contributed by atoms with Crippen molar-refractivity contribution >= 4 is 11.3 Å². The summed E-state index contributed by atoms with van der Waals surface area (Å²) in [6.07, 6.45) is 7.25. The van der Waals surface area contributed by atoms with E-state index in [0.717, 1.165) is 35.2 Å². The Kier molecular flexibility index (Phi) is 3.01. The van der Waals surface area contributed by atoms with Crippen molar-refractivity contribution in [2.45, 2.75) is 24.8 Å². The standard InChI is InChI=1S/C14H14N6S/c15-10-7-9(8-10)12-18-19-13(14-17-5-6-21-14)20(12)11-1-3-16-4-2-11/h1-6,9-10H,7-8,15H2/t9-,10-. The normalized spacial score (nSPS) is 21.2. The summed E-state index contributed by atoms with van der Waals surface area (Å²) in [4.78, 5) is 8.44. The van der Waals surface area contributed by atoms with Crippen LogP contribution in [0.1, 0.15) is 24.6 Å². The van der Waals surface area contributed by atoms with Gasteiger partial charge in [0.1, 0.15) is 5.82 Å². The van der Waals surface area contributed by atoms with Gasteiger partial charge in [-0.2, -0.15) is 0 Å². The van der Waals surface area contributed by atoms with Gasteiger partial charge in [0.2, 0.25) is 0 Å². The van der Waals surface area contributed by atoms with Crippen molar-refractivity contribution in [3.63, 3.8) is 0 Å². The lowest BCUT2D eigenvalue weighted by molar-refractivity contribution is 0.335. The molecule has 106 valence electrons. The van der Waals surface area contributed by atoms with Gasteiger partial charge < -0.3 is 5.73 Å². The summed E-state index contributed by atoms with van der Waals surface area (Å²) >= 11 is 1.56. The van der Waals surface area contributed by atoms with Crippen LogP contribution in [0.15, 0.2) is 36.1 Å². The average molecular weight is 298 g/mol. The predicted molar refractivity (Wildman–Crippen MR) is 80.2 cm³/mol. The molecule has 1 aliphatic rings. The molecule has 21 heavy (non-hydrogen) atoms. The average Bonchev–Trinajstić information content (AvgIpc) is 3.13. The number of nitrogens with zero attached hydrogens (tertiary/aromatic N) is 5. The Morgan fingerprint density at radius 1 is 1.14 bits per heavy atom. The number of nitrogens with two attached hydrogens (primary N) is 1. The second kappa shape index (κ2) is 5.01. The molecule has 0 spiro atoms. The summed E-state index contributed by atoms with van der Waals surface area (Å²) in [5.41, 5.74) is 6.93. The van der Waals surface area contributed by atoms with E-state index in [4.69, 9.17) is 5.73 Å². The fraction of sp³-hybridized carbons (Fsp3) is 0.286. The van der Waals surface area contributed by atoms with E-state index in [1.54, 1.807) is 29.9 Å². The molecule has 0 aliphatic heterocycles. The smallest absolute Gasteiger partial charge is 0.197 e. The van der Waals surface area contributed by atoms with E-state index in [0.29, 0.717) is 5.92 Å². The molecule has 4 rings (SSSR count). The minimum absolute atomic E-state index is 0.279. The fourth-order valence-corrected chi connectivity index (χ4v) is 3.26. The maximum absolute atomic E-state index is 5.92. The van der Waals surface area contributed by atoms with Gasteiger partial charge in [-0.3, -0.25) is 9.55 Å². The first kappa shape index (κ1) is 12.6. The number of hydrogen-bond acceptors (Lipinski definition) is 6. The Morgan fingerprint density at radius 2 is 1.95 bits per heavy atom. The van der Waals surface area contributed by atoms with Crippen molar-refractivity contribution in [1.29, 1.82) is 0 Å². The quantitative estimate of drug-likeness (QED) is 0.799. The molecule has 1 saturated carbocycles. The Morgan fingerprint density at radius 3 is 2.62 bits per heavy atom. The van der Waals surface area contributed by atoms with Crippen LogP contribution in [0, 0.1) is 0 Å². The number of aromatic nitrogens is 5. The highest BCUT2D eigenvalue weighted by Crippen LogP contribution is 2.37. The van der Waals surface area contributed by atoms with Gasteiger partial charge in [-0.15, -0.1) is 21.5 Å². The van der Waals surface area contributed by atoms with Crippen LogP contribution in [0.2, 0.25) is 0 Å². The zero-order valence-electron chi connectivity index (χ0n) is 11.3. The van der Waals surface area contributed by atoms with Crippen LogP contribution in [0.25, 0.3) is 16.5 Å². The number of hydrogen-bond donors (Lipinski definition) is 1. The molecule has 3 heterocycles. The Hall–Kier alpha value is -2.12. The first-order valence-electron chi connectivity index (χ1n) is 6.84. The van der Waals surface area contributed by atoms with Crippen molar-refractivity contribution in [3.05, 3.63) is 41.9 Å². The molecule has 0 atom stereocenters. The molecular weight excluding hydrogens is 284 g/mol. The van der Waals surface area contributed by atoms with Crippen LogP contribution in [-0.4, -0.2) is 30.8 Å². The minimum Gasteiger partial charge on any atom is -0.328 e. The molecule has 3 aromatic rings. The van der Waals surface area contributed by atoms with E-state index in [1.165, 1.54) is 0 Å². The predicted octanol–water partition coefficient (Wildman–Crippen LogP) is 1.99. The maximum Gasteiger partial charge on any atom is 0.197 e. The van der Waals surface area contributed by atoms with E-state index >= 15 is 0 Å². The highest BCUT2D eigenvalue weighted by atomic mass is 32.1. The SMILES string of the molecule is N[C@H]1C[C@H](c2nnc(-c3nccs3)n2-c2ccncc2)C1. The minimum atomic E-state index is 0.279. The van der Waals surface area contributed by atoms with Crippen molar-refractivity contribution in [2.24, 2.45) is 5.73 Å². The number of thiazole rings is 1. The van der Waals surface area contributed by atoms with Crippen LogP contribution in [0.3, 0.4) is 0 Å². The van der Waals surface area contributed by atoms with Crippen molar-refractivity contribution < 1.29 is 0 Å². The first-order chi connectivity index (χ1) is 10.3. The molecule has 0 saturated heterocycles. The number of rotatable bonds is 3. The highest BCUT2D eigenvalue weighted by Gasteiger charge is 2.33. The molecule has 3 aromatic heterocycles. The van der Waals surface area contributed by atoms with Crippen LogP contribution >= 0.6 is 11.3 Å². The molecule has 1 aliphatic carbocycles. The Bertz CT molecular complexity index is 730. The lowest BCUT2D eigenvalue weighted by Gasteiger charge is -2.31. The van der Waals surface area contributed by atoms with Gasteiger partial charge in [-0.25, -0.2) is 4.98 Å². The molecular formula is C14H14N6S. The summed E-state index contributed by atoms with van der Waals surface area (Å²) in [6, 6.07) is 4.20. The van der Waals surface area contributed by atoms with Gasteiger partial charge in [0.25, 0.3) is 0 Å². The maximum atomic E-state index is 5.92. The van der Waals surface area contributed by atoms with Crippen LogP contribution in [0.4, 0.5) is 0 Å². The van der Waals surface area contributed by atoms with Crippen LogP contribution in [-0.2, 0) is 0 Å². The third-order valence-electron chi connectivity index (χ3n) is 3.77. The van der Waals surface area contributed by atoms with E-state index in [2.05, 4.69) is 24.7 Å². The molecule has 1 fully saturated rings. The van der Waals surface area contributed by atoms with E-state index in [1.807, 2.05) is 17.5 Å². The Balaban J connectivity index is 1.85. The van der Waals surface area contributed by atoms with Crippen molar-refractivity contribution in [1.82, 2.24) is 24.7 Å². The summed E-state index contributed by atoms with van der Waals surface area (Å²) in [5, 5.41) is 11.6. The van der Waals surface area contributed by atoms with E-state index in [9.17, 15) is 0 Å². The van der Waals surface area contributed by atoms with Gasteiger partial charge >= 0.3 is 0 Å². The van der Waals surface area contributed by atoms with Crippen LogP contribution < -0.4 is 5.73 Å².